The third kappa shape index (κ3) is 7.99. The predicted molar refractivity (Wildman–Crippen MR) is 129 cm³/mol. The van der Waals surface area contributed by atoms with E-state index >= 15 is 0 Å². The van der Waals surface area contributed by atoms with Crippen LogP contribution in [0.4, 0.5) is 5.69 Å². The number of amides is 2. The van der Waals surface area contributed by atoms with Crippen molar-refractivity contribution in [3.63, 3.8) is 0 Å². The Hall–Kier alpha value is -2.38. The molecule has 0 radical (unpaired) electrons. The van der Waals surface area contributed by atoms with Gasteiger partial charge in [-0.2, -0.15) is 0 Å². The number of halogens is 1. The highest BCUT2D eigenvalue weighted by atomic mass is 79.9. The molecule has 0 aliphatic carbocycles. The molecule has 0 atom stereocenters. The summed E-state index contributed by atoms with van der Waals surface area (Å²) < 4.78 is 6.59. The minimum Gasteiger partial charge on any atom is -0.492 e. The number of carbonyl (C=O) groups is 2. The van der Waals surface area contributed by atoms with Crippen molar-refractivity contribution in [2.45, 2.75) is 27.7 Å². The average molecular weight is 490 g/mol. The molecule has 0 aliphatic rings. The van der Waals surface area contributed by atoms with E-state index in [1.807, 2.05) is 6.07 Å². The Morgan fingerprint density at radius 1 is 1.03 bits per heavy atom. The number of anilines is 1. The summed E-state index contributed by atoms with van der Waals surface area (Å²) in [7, 11) is 0. The molecule has 168 valence electrons. The van der Waals surface area contributed by atoms with Crippen LogP contribution < -0.4 is 15.4 Å². The van der Waals surface area contributed by atoms with Crippen molar-refractivity contribution in [3.8, 4) is 5.75 Å². The first-order valence-corrected chi connectivity index (χ1v) is 11.5. The third-order valence-electron chi connectivity index (χ3n) is 4.77. The molecule has 0 unspecified atom stereocenters. The molecule has 31 heavy (non-hydrogen) atoms. The van der Waals surface area contributed by atoms with E-state index in [9.17, 15) is 9.59 Å². The van der Waals surface area contributed by atoms with Crippen molar-refractivity contribution in [1.82, 2.24) is 10.2 Å². The Morgan fingerprint density at radius 3 is 2.32 bits per heavy atom. The number of nitrogens with one attached hydrogen (secondary N) is 2. The van der Waals surface area contributed by atoms with E-state index in [0.717, 1.165) is 24.1 Å². The molecule has 0 aliphatic heterocycles. The van der Waals surface area contributed by atoms with E-state index < -0.39 is 0 Å². The van der Waals surface area contributed by atoms with Crippen LogP contribution in [0.2, 0.25) is 0 Å². The highest BCUT2D eigenvalue weighted by molar-refractivity contribution is 9.10. The first-order chi connectivity index (χ1) is 14.8. The van der Waals surface area contributed by atoms with Gasteiger partial charge in [-0.25, -0.2) is 0 Å². The van der Waals surface area contributed by atoms with Crippen LogP contribution in [0.15, 0.2) is 46.9 Å². The maximum absolute atomic E-state index is 12.8. The Bertz CT molecular complexity index is 865. The van der Waals surface area contributed by atoms with Crippen LogP contribution in [-0.2, 0) is 0 Å². The molecular weight excluding hydrogens is 458 g/mol. The molecule has 7 heteroatoms. The fraction of sp³-hybridized carbons (Fsp3) is 0.417. The first-order valence-electron chi connectivity index (χ1n) is 10.7. The van der Waals surface area contributed by atoms with Crippen molar-refractivity contribution >= 4 is 33.4 Å². The van der Waals surface area contributed by atoms with E-state index in [1.54, 1.807) is 36.4 Å². The molecule has 0 aromatic heterocycles. The van der Waals surface area contributed by atoms with Crippen LogP contribution in [0.5, 0.6) is 5.75 Å². The number of likely N-dealkylation sites (N-methyl/N-ethyl adjacent to an activating group) is 1. The molecule has 2 aromatic carbocycles. The molecule has 2 N–H and O–H groups in total. The lowest BCUT2D eigenvalue weighted by atomic mass is 10.1. The highest BCUT2D eigenvalue weighted by Gasteiger charge is 2.15. The summed E-state index contributed by atoms with van der Waals surface area (Å²) in [4.78, 5) is 27.4. The normalized spacial score (nSPS) is 10.9. The second kappa shape index (κ2) is 12.5. The lowest BCUT2D eigenvalue weighted by Crippen LogP contribution is -2.34. The maximum Gasteiger partial charge on any atom is 0.259 e. The minimum absolute atomic E-state index is 0.124. The summed E-state index contributed by atoms with van der Waals surface area (Å²) >= 11 is 3.41. The molecule has 0 saturated carbocycles. The molecule has 2 amide bonds. The van der Waals surface area contributed by atoms with Gasteiger partial charge in [0.05, 0.1) is 12.2 Å². The molecule has 0 fully saturated rings. The second-order valence-corrected chi connectivity index (χ2v) is 8.58. The number of ether oxygens (including phenoxy) is 1. The summed E-state index contributed by atoms with van der Waals surface area (Å²) in [6, 6.07) is 12.2. The summed E-state index contributed by atoms with van der Waals surface area (Å²) in [5, 5.41) is 5.81. The van der Waals surface area contributed by atoms with Crippen LogP contribution in [0.1, 0.15) is 48.4 Å². The second-order valence-electron chi connectivity index (χ2n) is 7.66. The number of nitrogens with zero attached hydrogens (tertiary/aromatic N) is 1. The zero-order valence-electron chi connectivity index (χ0n) is 18.7. The molecule has 2 rings (SSSR count). The van der Waals surface area contributed by atoms with Gasteiger partial charge in [-0.1, -0.05) is 43.6 Å². The average Bonchev–Trinajstić information content (AvgIpc) is 2.76. The summed E-state index contributed by atoms with van der Waals surface area (Å²) in [5.74, 6) is 0.502. The van der Waals surface area contributed by atoms with Gasteiger partial charge in [-0.15, -0.1) is 0 Å². The van der Waals surface area contributed by atoms with Gasteiger partial charge in [0.25, 0.3) is 11.8 Å². The van der Waals surface area contributed by atoms with Crippen molar-refractivity contribution < 1.29 is 14.3 Å². The van der Waals surface area contributed by atoms with E-state index in [0.29, 0.717) is 41.6 Å². The smallest absolute Gasteiger partial charge is 0.259 e. The number of rotatable bonds is 11. The molecular formula is C24H32BrN3O3. The Morgan fingerprint density at radius 2 is 1.71 bits per heavy atom. The number of hydrogen-bond acceptors (Lipinski definition) is 4. The molecule has 0 bridgehead atoms. The number of benzene rings is 2. The van der Waals surface area contributed by atoms with E-state index in [2.05, 4.69) is 59.2 Å². The fourth-order valence-electron chi connectivity index (χ4n) is 2.93. The first kappa shape index (κ1) is 24.9. The van der Waals surface area contributed by atoms with E-state index in [1.165, 1.54) is 0 Å². The third-order valence-corrected chi connectivity index (χ3v) is 5.26. The Balaban J connectivity index is 1.99. The number of hydrogen-bond donors (Lipinski definition) is 2. The zero-order chi connectivity index (χ0) is 22.8. The fourth-order valence-corrected chi connectivity index (χ4v) is 3.30. The van der Waals surface area contributed by atoms with Gasteiger partial charge < -0.3 is 20.3 Å². The van der Waals surface area contributed by atoms with Gasteiger partial charge in [0, 0.05) is 28.8 Å². The van der Waals surface area contributed by atoms with Gasteiger partial charge in [0.1, 0.15) is 5.75 Å². The van der Waals surface area contributed by atoms with Gasteiger partial charge in [-0.05, 0) is 61.5 Å². The number of carbonyl (C=O) groups excluding carboxylic acids is 2. The van der Waals surface area contributed by atoms with E-state index in [-0.39, 0.29) is 11.8 Å². The minimum atomic E-state index is -0.267. The van der Waals surface area contributed by atoms with Crippen LogP contribution in [0.25, 0.3) is 0 Å². The van der Waals surface area contributed by atoms with Crippen LogP contribution >= 0.6 is 15.9 Å². The Labute approximate surface area is 193 Å². The maximum atomic E-state index is 12.8. The van der Waals surface area contributed by atoms with Crippen molar-refractivity contribution in [2.24, 2.45) is 5.92 Å². The standard InChI is InChI=1S/C24H32BrN3O3/c1-5-28(6-2)14-13-26-23(29)18-7-10-20(11-8-18)27-24(30)21-15-19(25)9-12-22(21)31-16-17(3)4/h7-12,15,17H,5-6,13-14,16H2,1-4H3,(H,26,29)(H,27,30). The van der Waals surface area contributed by atoms with Gasteiger partial charge in [0.15, 0.2) is 0 Å². The molecule has 0 saturated heterocycles. The zero-order valence-corrected chi connectivity index (χ0v) is 20.3. The van der Waals surface area contributed by atoms with Crippen LogP contribution in [0, 0.1) is 5.92 Å². The highest BCUT2D eigenvalue weighted by Crippen LogP contribution is 2.25. The van der Waals surface area contributed by atoms with E-state index in [4.69, 9.17) is 4.74 Å². The summed E-state index contributed by atoms with van der Waals surface area (Å²) in [5.41, 5.74) is 1.62. The Kier molecular flexibility index (Phi) is 10.0. The van der Waals surface area contributed by atoms with Gasteiger partial charge in [0.2, 0.25) is 0 Å². The summed E-state index contributed by atoms with van der Waals surface area (Å²) in [6.45, 7) is 12.2. The molecule has 2 aromatic rings. The lowest BCUT2D eigenvalue weighted by molar-refractivity contribution is 0.0948. The summed E-state index contributed by atoms with van der Waals surface area (Å²) in [6.07, 6.45) is 0. The quantitative estimate of drug-likeness (QED) is 0.475. The molecule has 0 spiro atoms. The topological polar surface area (TPSA) is 70.7 Å². The van der Waals surface area contributed by atoms with Crippen molar-refractivity contribution in [1.29, 1.82) is 0 Å². The largest absolute Gasteiger partial charge is 0.492 e. The predicted octanol–water partition coefficient (Wildman–Crippen LogP) is 4.81. The molecule has 6 nitrogen and oxygen atoms in total. The van der Waals surface area contributed by atoms with Crippen molar-refractivity contribution in [3.05, 3.63) is 58.1 Å². The van der Waals surface area contributed by atoms with Crippen LogP contribution in [0.3, 0.4) is 0 Å². The van der Waals surface area contributed by atoms with Gasteiger partial charge in [-0.3, -0.25) is 9.59 Å². The lowest BCUT2D eigenvalue weighted by Gasteiger charge is -2.18. The monoisotopic (exact) mass is 489 g/mol. The molecule has 0 heterocycles. The van der Waals surface area contributed by atoms with Crippen LogP contribution in [-0.4, -0.2) is 49.5 Å². The SMILES string of the molecule is CCN(CC)CCNC(=O)c1ccc(NC(=O)c2cc(Br)ccc2OCC(C)C)cc1. The van der Waals surface area contributed by atoms with Crippen molar-refractivity contribution in [2.75, 3.05) is 38.1 Å². The van der Waals surface area contributed by atoms with Gasteiger partial charge >= 0.3 is 0 Å².